The Morgan fingerprint density at radius 3 is 1.28 bits per heavy atom. The van der Waals surface area contributed by atoms with Crippen LogP contribution in [0.25, 0.3) is 0 Å². The molecule has 0 unspecified atom stereocenters. The summed E-state index contributed by atoms with van der Waals surface area (Å²) in [5, 5.41) is 29.6. The molecule has 2 aliphatic rings. The molecule has 2 aliphatic heterocycles. The lowest BCUT2D eigenvalue weighted by Gasteiger charge is -2.33. The summed E-state index contributed by atoms with van der Waals surface area (Å²) in [6.45, 7) is 14.4. The van der Waals surface area contributed by atoms with Gasteiger partial charge in [-0.1, -0.05) is 87.5 Å². The van der Waals surface area contributed by atoms with E-state index < -0.39 is 63.8 Å². The second-order valence-corrected chi connectivity index (χ2v) is 30.2. The molecular weight excluding hydrogens is 993 g/mol. The van der Waals surface area contributed by atoms with Crippen molar-refractivity contribution in [2.75, 3.05) is 29.9 Å². The fourth-order valence-corrected chi connectivity index (χ4v) is 9.95. The van der Waals surface area contributed by atoms with Crippen molar-refractivity contribution in [2.24, 2.45) is 0 Å². The Morgan fingerprint density at radius 2 is 0.946 bits per heavy atom. The number of nitrogens with one attached hydrogen (secondary N) is 2. The summed E-state index contributed by atoms with van der Waals surface area (Å²) in [5.74, 6) is 6.10. The summed E-state index contributed by atoms with van der Waals surface area (Å²) in [5.41, 5.74) is 8.68. The lowest BCUT2D eigenvalue weighted by atomic mass is 9.96. The maximum absolute atomic E-state index is 13.9. The standard InChI is InChI=1S/C55H57F6N7O4Si2/c1-64(26-10-28-65-34-44-46(50(65)69)48(38-20-16-36(17-21-38)24-30-73(2,3)4)62-52(71)67(44)42-14-8-12-40(32-42)54(56,57)58)27-11-29-66-35-45-47(51(66)70)49(39-22-18-37(19-23-39)25-31-74(5,6)7)63-53(72)68(45)43-15-9-13-41(33-43)55(59,60)61/h8-9,12-23,32-35,48-49,69-70H,10-11,26-29H2,1-7H3,(H,62,71)(H,63,72)/t48-,49-/m1/s1. The largest absolute Gasteiger partial charge is 0.494 e. The van der Waals surface area contributed by atoms with E-state index >= 15 is 0 Å². The quantitative estimate of drug-likeness (QED) is 0.0553. The highest BCUT2D eigenvalue weighted by molar-refractivity contribution is 6.84. The Morgan fingerprint density at radius 1 is 0.581 bits per heavy atom. The summed E-state index contributed by atoms with van der Waals surface area (Å²) in [6.07, 6.45) is -5.16. The van der Waals surface area contributed by atoms with E-state index in [1.165, 1.54) is 24.3 Å². The number of aryl methyl sites for hydroxylation is 2. The fourth-order valence-electron chi connectivity index (χ4n) is 8.91. The molecule has 0 bridgehead atoms. The average Bonchev–Trinajstić information content (AvgIpc) is 3.83. The van der Waals surface area contributed by atoms with Gasteiger partial charge in [0.1, 0.15) is 16.1 Å². The molecule has 4 amide bonds. The molecule has 4 N–H and O–H groups in total. The van der Waals surface area contributed by atoms with Crippen LogP contribution in [0.15, 0.2) is 109 Å². The minimum absolute atomic E-state index is 0.0283. The highest BCUT2D eigenvalue weighted by Gasteiger charge is 2.41. The van der Waals surface area contributed by atoms with Gasteiger partial charge in [-0.05, 0) is 105 Å². The molecule has 0 saturated carbocycles. The van der Waals surface area contributed by atoms with E-state index in [1.54, 1.807) is 21.5 Å². The molecular formula is C55H57F6N7O4Si2. The highest BCUT2D eigenvalue weighted by atomic mass is 28.3. The monoisotopic (exact) mass is 1050 g/mol. The molecule has 6 aromatic rings. The molecule has 2 atom stereocenters. The third-order valence-corrected chi connectivity index (χ3v) is 14.3. The van der Waals surface area contributed by atoms with Crippen LogP contribution in [0.2, 0.25) is 39.3 Å². The first kappa shape index (κ1) is 53.0. The molecule has 8 rings (SSSR count). The first-order valence-corrected chi connectivity index (χ1v) is 31.1. The van der Waals surface area contributed by atoms with Gasteiger partial charge in [0.05, 0.1) is 57.1 Å². The fraction of sp³-hybridized carbons (Fsp3) is 0.309. The average molecular weight is 1050 g/mol. The number of hydrogen-bond donors (Lipinski definition) is 4. The van der Waals surface area contributed by atoms with Gasteiger partial charge in [-0.2, -0.15) is 26.3 Å². The van der Waals surface area contributed by atoms with Gasteiger partial charge in [0.15, 0.2) is 11.8 Å². The Hall–Kier alpha value is -7.33. The van der Waals surface area contributed by atoms with E-state index in [2.05, 4.69) is 72.8 Å². The molecule has 0 fully saturated rings. The van der Waals surface area contributed by atoms with Crippen molar-refractivity contribution >= 4 is 51.0 Å². The van der Waals surface area contributed by atoms with Crippen LogP contribution in [-0.4, -0.2) is 72.6 Å². The maximum Gasteiger partial charge on any atom is 0.416 e. The van der Waals surface area contributed by atoms with Crippen LogP contribution in [0.3, 0.4) is 0 Å². The molecule has 11 nitrogen and oxygen atoms in total. The van der Waals surface area contributed by atoms with Crippen LogP contribution in [0, 0.1) is 22.9 Å². The summed E-state index contributed by atoms with van der Waals surface area (Å²) in [4.78, 5) is 32.1. The molecule has 0 aliphatic carbocycles. The molecule has 4 aromatic carbocycles. The molecule has 0 radical (unpaired) electrons. The number of urea groups is 2. The van der Waals surface area contributed by atoms with Crippen LogP contribution < -0.4 is 20.4 Å². The van der Waals surface area contributed by atoms with Gasteiger partial charge < -0.3 is 34.9 Å². The number of aromatic nitrogens is 2. The number of anilines is 4. The van der Waals surface area contributed by atoms with E-state index in [-0.39, 0.29) is 47.6 Å². The Kier molecular flexibility index (Phi) is 14.7. The summed E-state index contributed by atoms with van der Waals surface area (Å²) < 4.78 is 86.5. The van der Waals surface area contributed by atoms with Crippen molar-refractivity contribution in [1.29, 1.82) is 0 Å². The number of amides is 4. The molecule has 4 heterocycles. The van der Waals surface area contributed by atoms with Crippen LogP contribution in [0.5, 0.6) is 11.8 Å². The summed E-state index contributed by atoms with van der Waals surface area (Å²) >= 11 is 0. The van der Waals surface area contributed by atoms with E-state index in [0.717, 1.165) is 45.2 Å². The second kappa shape index (κ2) is 20.5. The number of halogens is 6. The number of nitrogens with zero attached hydrogens (tertiary/aromatic N) is 5. The lowest BCUT2D eigenvalue weighted by molar-refractivity contribution is -0.138. The van der Waals surface area contributed by atoms with Crippen LogP contribution in [-0.2, 0) is 25.4 Å². The third kappa shape index (κ3) is 11.9. The van der Waals surface area contributed by atoms with Gasteiger partial charge in [-0.15, -0.1) is 11.1 Å². The van der Waals surface area contributed by atoms with E-state index in [0.29, 0.717) is 48.2 Å². The Labute approximate surface area is 428 Å². The van der Waals surface area contributed by atoms with Gasteiger partial charge in [0, 0.05) is 36.6 Å². The Balaban J connectivity index is 1.01. The molecule has 74 heavy (non-hydrogen) atoms. The van der Waals surface area contributed by atoms with Crippen molar-refractivity contribution in [3.8, 4) is 34.7 Å². The number of carbonyl (C=O) groups excluding carboxylic acids is 2. The first-order valence-electron chi connectivity index (χ1n) is 24.1. The zero-order valence-corrected chi connectivity index (χ0v) is 44.0. The number of hydrogen-bond acceptors (Lipinski definition) is 5. The zero-order valence-electron chi connectivity index (χ0n) is 42.0. The van der Waals surface area contributed by atoms with Crippen molar-refractivity contribution in [3.63, 3.8) is 0 Å². The van der Waals surface area contributed by atoms with Crippen molar-refractivity contribution in [1.82, 2.24) is 24.7 Å². The van der Waals surface area contributed by atoms with Crippen LogP contribution >= 0.6 is 0 Å². The van der Waals surface area contributed by atoms with Crippen molar-refractivity contribution in [2.45, 2.75) is 89.6 Å². The smallest absolute Gasteiger partial charge is 0.416 e. The van der Waals surface area contributed by atoms with Gasteiger partial charge in [-0.25, -0.2) is 9.59 Å². The normalized spacial score (nSPS) is 15.9. The van der Waals surface area contributed by atoms with Gasteiger partial charge in [-0.3, -0.25) is 9.80 Å². The zero-order chi connectivity index (χ0) is 53.5. The number of benzene rings is 4. The molecule has 2 aromatic heterocycles. The number of aromatic hydroxyl groups is 2. The number of fused-ring (bicyclic) bond motifs is 2. The number of alkyl halides is 6. The first-order chi connectivity index (χ1) is 34.8. The number of rotatable bonds is 12. The van der Waals surface area contributed by atoms with Crippen LogP contribution in [0.1, 0.15) is 69.4 Å². The van der Waals surface area contributed by atoms with Gasteiger partial charge >= 0.3 is 24.4 Å². The lowest BCUT2D eigenvalue weighted by Crippen LogP contribution is -2.44. The van der Waals surface area contributed by atoms with E-state index in [1.807, 2.05) is 60.5 Å². The predicted octanol–water partition coefficient (Wildman–Crippen LogP) is 12.5. The minimum atomic E-state index is -4.66. The maximum atomic E-state index is 13.9. The molecule has 19 heteroatoms. The third-order valence-electron chi connectivity index (χ3n) is 12.5. The number of carbonyl (C=O) groups is 2. The predicted molar refractivity (Wildman–Crippen MR) is 280 cm³/mol. The Bertz CT molecular complexity index is 2990. The second-order valence-electron chi connectivity index (χ2n) is 20.7. The highest BCUT2D eigenvalue weighted by Crippen LogP contribution is 2.48. The SMILES string of the molecule is CN(CCCn1cc2c(c1O)[C@@H](c1ccc(C#C[Si](C)(C)C)cc1)NC(=O)N2c1cccc(C(F)(F)F)c1)CCCn1cc2c(c1O)[C@@H](c1ccc(C#C[Si](C)(C)C)cc1)NC(=O)N2c1cccc(C(F)(F)F)c1. The molecule has 0 spiro atoms. The summed E-state index contributed by atoms with van der Waals surface area (Å²) in [6, 6.07) is 20.5. The van der Waals surface area contributed by atoms with Gasteiger partial charge in [0.25, 0.3) is 0 Å². The summed E-state index contributed by atoms with van der Waals surface area (Å²) in [7, 11) is -1.43. The molecule has 0 saturated heterocycles. The molecule has 386 valence electrons. The van der Waals surface area contributed by atoms with Crippen LogP contribution in [0.4, 0.5) is 58.7 Å². The van der Waals surface area contributed by atoms with E-state index in [9.17, 15) is 46.1 Å². The van der Waals surface area contributed by atoms with Crippen molar-refractivity contribution in [3.05, 3.63) is 154 Å². The van der Waals surface area contributed by atoms with Crippen molar-refractivity contribution < 1.29 is 46.1 Å². The minimum Gasteiger partial charge on any atom is -0.494 e. The van der Waals surface area contributed by atoms with E-state index in [4.69, 9.17) is 0 Å². The van der Waals surface area contributed by atoms with Gasteiger partial charge in [0.2, 0.25) is 0 Å². The topological polar surface area (TPSA) is 118 Å².